The van der Waals surface area contributed by atoms with Gasteiger partial charge in [0, 0.05) is 24.7 Å². The fourth-order valence-electron chi connectivity index (χ4n) is 5.26. The maximum Gasteiger partial charge on any atom is 0.271 e. The van der Waals surface area contributed by atoms with Crippen LogP contribution in [0.4, 0.5) is 11.4 Å². The summed E-state index contributed by atoms with van der Waals surface area (Å²) < 4.78 is 34.0. The number of sulfonamides is 1. The zero-order valence-corrected chi connectivity index (χ0v) is 25.0. The second-order valence-corrected chi connectivity index (χ2v) is 12.3. The van der Waals surface area contributed by atoms with Gasteiger partial charge in [0.1, 0.15) is 18.3 Å². The lowest BCUT2D eigenvalue weighted by Crippen LogP contribution is -2.53. The lowest BCUT2D eigenvalue weighted by molar-refractivity contribution is -0.384. The Kier molecular flexibility index (Phi) is 10.4. The molecule has 0 heterocycles. The molecule has 0 radical (unpaired) electrons. The number of hydrogen-bond donors (Lipinski definition) is 1. The summed E-state index contributed by atoms with van der Waals surface area (Å²) in [6.45, 7) is 1.13. The van der Waals surface area contributed by atoms with E-state index in [-0.39, 0.29) is 41.2 Å². The standard InChI is InChI=1S/C31H36N4O7S/c1-3-29(31(37)32-24-12-7-8-13-24)33(21-23-11-9-16-27(19-23)42-2)30(36)22-34(25-14-10-15-26(20-25)35(38)39)43(40,41)28-17-5-4-6-18-28/h4-6,9-11,14-20,24,29H,3,7-8,12-13,21-22H2,1-2H3,(H,32,37). The Labute approximate surface area is 251 Å². The Morgan fingerprint density at radius 2 is 1.72 bits per heavy atom. The van der Waals surface area contributed by atoms with E-state index in [1.165, 1.54) is 42.3 Å². The number of nitro groups is 1. The van der Waals surface area contributed by atoms with Gasteiger partial charge in [-0.25, -0.2) is 8.42 Å². The SMILES string of the molecule is CCC(C(=O)NC1CCCC1)N(Cc1cccc(OC)c1)C(=O)CN(c1cccc([N+](=O)[O-])c1)S(=O)(=O)c1ccccc1. The van der Waals surface area contributed by atoms with Crippen molar-refractivity contribution in [3.05, 3.63) is 94.5 Å². The second kappa shape index (κ2) is 14.1. The summed E-state index contributed by atoms with van der Waals surface area (Å²) in [4.78, 5) is 39.9. The molecule has 0 aromatic heterocycles. The molecule has 2 amide bonds. The van der Waals surface area contributed by atoms with Gasteiger partial charge in [0.05, 0.1) is 22.6 Å². The highest BCUT2D eigenvalue weighted by atomic mass is 32.2. The van der Waals surface area contributed by atoms with E-state index < -0.39 is 33.4 Å². The van der Waals surface area contributed by atoms with Gasteiger partial charge in [-0.1, -0.05) is 56.2 Å². The van der Waals surface area contributed by atoms with E-state index in [0.29, 0.717) is 11.3 Å². The summed E-state index contributed by atoms with van der Waals surface area (Å²) >= 11 is 0. The smallest absolute Gasteiger partial charge is 0.271 e. The Morgan fingerprint density at radius 3 is 2.37 bits per heavy atom. The van der Waals surface area contributed by atoms with Gasteiger partial charge in [-0.2, -0.15) is 0 Å². The number of amides is 2. The van der Waals surface area contributed by atoms with Crippen molar-refractivity contribution in [1.82, 2.24) is 10.2 Å². The van der Waals surface area contributed by atoms with Gasteiger partial charge >= 0.3 is 0 Å². The molecule has 12 heteroatoms. The first-order valence-corrected chi connectivity index (χ1v) is 15.6. The molecule has 0 aliphatic heterocycles. The number of rotatable bonds is 13. The van der Waals surface area contributed by atoms with Crippen molar-refractivity contribution in [3.8, 4) is 5.75 Å². The summed E-state index contributed by atoms with van der Waals surface area (Å²) in [6, 6.07) is 18.9. The van der Waals surface area contributed by atoms with E-state index in [4.69, 9.17) is 4.74 Å². The second-order valence-electron chi connectivity index (χ2n) is 10.4. The Bertz CT molecular complexity index is 1540. The molecule has 11 nitrogen and oxygen atoms in total. The minimum Gasteiger partial charge on any atom is -0.497 e. The van der Waals surface area contributed by atoms with Crippen molar-refractivity contribution < 1.29 is 27.7 Å². The fraction of sp³-hybridized carbons (Fsp3) is 0.355. The van der Waals surface area contributed by atoms with Gasteiger partial charge in [-0.15, -0.1) is 0 Å². The topological polar surface area (TPSA) is 139 Å². The van der Waals surface area contributed by atoms with Gasteiger partial charge in [-0.05, 0) is 55.2 Å². The molecule has 1 aliphatic rings. The van der Waals surface area contributed by atoms with Crippen LogP contribution in [0.1, 0.15) is 44.6 Å². The van der Waals surface area contributed by atoms with Crippen molar-refractivity contribution in [3.63, 3.8) is 0 Å². The molecule has 0 bridgehead atoms. The summed E-state index contributed by atoms with van der Waals surface area (Å²) in [5.41, 5.74) is 0.317. The van der Waals surface area contributed by atoms with Crippen LogP contribution >= 0.6 is 0 Å². The van der Waals surface area contributed by atoms with Crippen LogP contribution in [0.25, 0.3) is 0 Å². The van der Waals surface area contributed by atoms with Crippen LogP contribution in [0.15, 0.2) is 83.8 Å². The van der Waals surface area contributed by atoms with Gasteiger partial charge in [0.15, 0.2) is 0 Å². The third-order valence-electron chi connectivity index (χ3n) is 7.51. The molecule has 0 spiro atoms. The van der Waals surface area contributed by atoms with E-state index in [2.05, 4.69) is 5.32 Å². The number of anilines is 1. The van der Waals surface area contributed by atoms with Crippen LogP contribution in [0, 0.1) is 10.1 Å². The van der Waals surface area contributed by atoms with E-state index in [1.807, 2.05) is 0 Å². The third-order valence-corrected chi connectivity index (χ3v) is 9.30. The predicted molar refractivity (Wildman–Crippen MR) is 162 cm³/mol. The highest BCUT2D eigenvalue weighted by Crippen LogP contribution is 2.28. The number of nitro benzene ring substituents is 1. The first kappa shape index (κ1) is 31.5. The van der Waals surface area contributed by atoms with Crippen LogP contribution in [0.3, 0.4) is 0 Å². The molecule has 43 heavy (non-hydrogen) atoms. The number of hydrogen-bond acceptors (Lipinski definition) is 7. The largest absolute Gasteiger partial charge is 0.497 e. The summed E-state index contributed by atoms with van der Waals surface area (Å²) in [7, 11) is -2.81. The quantitative estimate of drug-likeness (QED) is 0.220. The first-order valence-electron chi connectivity index (χ1n) is 14.2. The molecule has 1 fully saturated rings. The molecule has 1 unspecified atom stereocenters. The van der Waals surface area contributed by atoms with Crippen molar-refractivity contribution >= 4 is 33.2 Å². The Hall–Kier alpha value is -4.45. The Balaban J connectivity index is 1.74. The number of benzene rings is 3. The van der Waals surface area contributed by atoms with E-state index in [0.717, 1.165) is 36.1 Å². The highest BCUT2D eigenvalue weighted by molar-refractivity contribution is 7.92. The van der Waals surface area contributed by atoms with Crippen molar-refractivity contribution in [2.45, 2.75) is 62.6 Å². The zero-order chi connectivity index (χ0) is 31.0. The lowest BCUT2D eigenvalue weighted by Gasteiger charge is -2.33. The maximum atomic E-state index is 14.2. The zero-order valence-electron chi connectivity index (χ0n) is 24.2. The number of methoxy groups -OCH3 is 1. The average molecular weight is 609 g/mol. The minimum absolute atomic E-state index is 0.0147. The Morgan fingerprint density at radius 1 is 1.02 bits per heavy atom. The number of ether oxygens (including phenoxy) is 1. The average Bonchev–Trinajstić information content (AvgIpc) is 3.53. The maximum absolute atomic E-state index is 14.2. The molecule has 0 saturated heterocycles. The van der Waals surface area contributed by atoms with Gasteiger partial charge in [0.2, 0.25) is 11.8 Å². The summed E-state index contributed by atoms with van der Waals surface area (Å²) in [5.74, 6) is -0.376. The van der Waals surface area contributed by atoms with Crippen molar-refractivity contribution in [2.75, 3.05) is 18.0 Å². The number of carbonyl (C=O) groups excluding carboxylic acids is 2. The molecule has 1 saturated carbocycles. The van der Waals surface area contributed by atoms with Crippen molar-refractivity contribution in [2.24, 2.45) is 0 Å². The molecule has 4 rings (SSSR count). The summed E-state index contributed by atoms with van der Waals surface area (Å²) in [5, 5.41) is 14.6. The van der Waals surface area contributed by atoms with E-state index in [1.54, 1.807) is 49.4 Å². The number of non-ortho nitro benzene ring substituents is 1. The van der Waals surface area contributed by atoms with Crippen LogP contribution in [0.2, 0.25) is 0 Å². The molecule has 1 N–H and O–H groups in total. The monoisotopic (exact) mass is 608 g/mol. The van der Waals surface area contributed by atoms with Crippen LogP contribution in [0.5, 0.6) is 5.75 Å². The number of carbonyl (C=O) groups is 2. The van der Waals surface area contributed by atoms with E-state index >= 15 is 0 Å². The summed E-state index contributed by atoms with van der Waals surface area (Å²) in [6.07, 6.45) is 4.05. The molecule has 1 atom stereocenters. The minimum atomic E-state index is -4.34. The molecule has 228 valence electrons. The molecular formula is C31H36N4O7S. The van der Waals surface area contributed by atoms with Gasteiger partial charge < -0.3 is 15.0 Å². The van der Waals surface area contributed by atoms with Gasteiger partial charge in [-0.3, -0.25) is 24.0 Å². The molecule has 3 aromatic rings. The normalized spacial score (nSPS) is 14.1. The van der Waals surface area contributed by atoms with Crippen molar-refractivity contribution in [1.29, 1.82) is 0 Å². The van der Waals surface area contributed by atoms with E-state index in [9.17, 15) is 28.1 Å². The van der Waals surface area contributed by atoms with Crippen LogP contribution in [-0.4, -0.2) is 55.8 Å². The first-order chi connectivity index (χ1) is 20.6. The number of nitrogens with zero attached hydrogens (tertiary/aromatic N) is 3. The number of nitrogens with one attached hydrogen (secondary N) is 1. The van der Waals surface area contributed by atoms with Crippen LogP contribution in [-0.2, 0) is 26.2 Å². The molecular weight excluding hydrogens is 572 g/mol. The molecule has 3 aromatic carbocycles. The predicted octanol–water partition coefficient (Wildman–Crippen LogP) is 4.66. The lowest BCUT2D eigenvalue weighted by atomic mass is 10.1. The van der Waals surface area contributed by atoms with Crippen LogP contribution < -0.4 is 14.4 Å². The van der Waals surface area contributed by atoms with Gasteiger partial charge in [0.25, 0.3) is 15.7 Å². The fourth-order valence-corrected chi connectivity index (χ4v) is 6.69. The highest BCUT2D eigenvalue weighted by Gasteiger charge is 2.35. The molecule has 1 aliphatic carbocycles. The third kappa shape index (κ3) is 7.69.